The highest BCUT2D eigenvalue weighted by Crippen LogP contribution is 2.12. The largest absolute Gasteiger partial charge is 0.543 e. The summed E-state index contributed by atoms with van der Waals surface area (Å²) < 4.78 is 0.688. The van der Waals surface area contributed by atoms with Crippen molar-refractivity contribution in [1.82, 2.24) is 20.4 Å². The zero-order valence-electron chi connectivity index (χ0n) is 14.5. The highest BCUT2D eigenvalue weighted by atomic mass is 16.4. The van der Waals surface area contributed by atoms with Gasteiger partial charge >= 0.3 is 6.03 Å². The molecule has 2 N–H and O–H groups in total. The van der Waals surface area contributed by atoms with E-state index in [-0.39, 0.29) is 17.3 Å². The van der Waals surface area contributed by atoms with Gasteiger partial charge in [-0.2, -0.15) is 5.10 Å². The Morgan fingerprint density at radius 2 is 1.61 bits per heavy atom. The number of nitrogens with one attached hydrogen (secondary N) is 2. The second kappa shape index (κ2) is 8.12. The SMILES string of the molecule is O=C(Cn1nc(C(=O)[O-])c2ccccc2c1=O)NC(=O)NCc1ccccc1. The van der Waals surface area contributed by atoms with Crippen LogP contribution in [0.3, 0.4) is 0 Å². The minimum Gasteiger partial charge on any atom is -0.543 e. The maximum Gasteiger partial charge on any atom is 0.321 e. The van der Waals surface area contributed by atoms with Crippen LogP contribution in [0, 0.1) is 0 Å². The molecule has 0 aliphatic carbocycles. The van der Waals surface area contributed by atoms with Gasteiger partial charge in [0, 0.05) is 11.9 Å². The molecule has 0 aliphatic heterocycles. The number of carbonyl (C=O) groups is 3. The predicted molar refractivity (Wildman–Crippen MR) is 97.2 cm³/mol. The lowest BCUT2D eigenvalue weighted by Gasteiger charge is -2.11. The molecule has 28 heavy (non-hydrogen) atoms. The van der Waals surface area contributed by atoms with Crippen LogP contribution in [0.1, 0.15) is 16.1 Å². The van der Waals surface area contributed by atoms with Crippen molar-refractivity contribution >= 4 is 28.7 Å². The summed E-state index contributed by atoms with van der Waals surface area (Å²) in [5, 5.41) is 19.8. The van der Waals surface area contributed by atoms with E-state index in [4.69, 9.17) is 0 Å². The molecule has 0 radical (unpaired) electrons. The Morgan fingerprint density at radius 1 is 0.964 bits per heavy atom. The summed E-state index contributed by atoms with van der Waals surface area (Å²) in [6.07, 6.45) is 0. The van der Waals surface area contributed by atoms with Gasteiger partial charge in [-0.3, -0.25) is 14.9 Å². The summed E-state index contributed by atoms with van der Waals surface area (Å²) in [7, 11) is 0. The molecule has 0 spiro atoms. The van der Waals surface area contributed by atoms with Crippen molar-refractivity contribution in [2.75, 3.05) is 0 Å². The van der Waals surface area contributed by atoms with Gasteiger partial charge in [0.2, 0.25) is 5.91 Å². The number of aromatic nitrogens is 2. The van der Waals surface area contributed by atoms with E-state index in [2.05, 4.69) is 15.7 Å². The zero-order valence-corrected chi connectivity index (χ0v) is 14.5. The number of benzene rings is 2. The van der Waals surface area contributed by atoms with Crippen LogP contribution >= 0.6 is 0 Å². The number of urea groups is 1. The number of hydrogen-bond acceptors (Lipinski definition) is 6. The first-order valence-corrected chi connectivity index (χ1v) is 8.28. The van der Waals surface area contributed by atoms with Gasteiger partial charge in [-0.25, -0.2) is 9.48 Å². The third kappa shape index (κ3) is 4.21. The fourth-order valence-corrected chi connectivity index (χ4v) is 2.62. The fourth-order valence-electron chi connectivity index (χ4n) is 2.62. The highest BCUT2D eigenvalue weighted by Gasteiger charge is 2.14. The molecule has 142 valence electrons. The van der Waals surface area contributed by atoms with Gasteiger partial charge in [0.1, 0.15) is 12.2 Å². The number of carboxylic acids is 1. The van der Waals surface area contributed by atoms with Crippen LogP contribution in [0.25, 0.3) is 10.8 Å². The van der Waals surface area contributed by atoms with E-state index in [1.807, 2.05) is 30.3 Å². The monoisotopic (exact) mass is 379 g/mol. The molecule has 3 aromatic rings. The normalized spacial score (nSPS) is 10.4. The van der Waals surface area contributed by atoms with Crippen LogP contribution in [0.5, 0.6) is 0 Å². The number of carboxylic acid groups (broad SMARTS) is 1. The fraction of sp³-hybridized carbons (Fsp3) is 0.105. The number of fused-ring (bicyclic) bond motifs is 1. The summed E-state index contributed by atoms with van der Waals surface area (Å²) in [4.78, 5) is 47.7. The van der Waals surface area contributed by atoms with E-state index in [0.29, 0.717) is 4.68 Å². The maximum absolute atomic E-state index is 12.4. The molecule has 0 unspecified atom stereocenters. The lowest BCUT2D eigenvalue weighted by molar-refractivity contribution is -0.255. The molecule has 0 bridgehead atoms. The van der Waals surface area contributed by atoms with Crippen LogP contribution in [0.15, 0.2) is 59.4 Å². The standard InChI is InChI=1S/C19H16N4O5/c24-15(21-19(28)20-10-12-6-2-1-3-7-12)11-23-17(25)14-9-5-4-8-13(14)16(22-23)18(26)27/h1-9H,10-11H2,(H,26,27)(H2,20,21,24,28)/p-1. The van der Waals surface area contributed by atoms with E-state index < -0.39 is 35.7 Å². The molecule has 0 saturated heterocycles. The number of imide groups is 1. The Morgan fingerprint density at radius 3 is 2.29 bits per heavy atom. The summed E-state index contributed by atoms with van der Waals surface area (Å²) >= 11 is 0. The minimum atomic E-state index is -1.58. The van der Waals surface area contributed by atoms with Crippen molar-refractivity contribution in [2.45, 2.75) is 13.1 Å². The molecular formula is C19H15N4O5-. The zero-order chi connectivity index (χ0) is 20.1. The first-order chi connectivity index (χ1) is 13.5. The number of amides is 3. The predicted octanol–water partition coefficient (Wildman–Crippen LogP) is -0.214. The number of hydrogen-bond donors (Lipinski definition) is 2. The number of aromatic carboxylic acids is 1. The van der Waals surface area contributed by atoms with Gasteiger partial charge in [-0.05, 0) is 11.6 Å². The van der Waals surface area contributed by atoms with Gasteiger partial charge in [-0.15, -0.1) is 0 Å². The van der Waals surface area contributed by atoms with Crippen molar-refractivity contribution in [2.24, 2.45) is 0 Å². The van der Waals surface area contributed by atoms with Crippen LogP contribution in [-0.2, 0) is 17.9 Å². The molecule has 3 rings (SSSR count). The van der Waals surface area contributed by atoms with E-state index in [1.54, 1.807) is 12.1 Å². The quantitative estimate of drug-likeness (QED) is 0.630. The highest BCUT2D eigenvalue weighted by molar-refractivity contribution is 6.00. The molecule has 0 atom stereocenters. The molecule has 9 heteroatoms. The third-order valence-electron chi connectivity index (χ3n) is 3.90. The van der Waals surface area contributed by atoms with Crippen LogP contribution in [0.4, 0.5) is 4.79 Å². The molecule has 2 aromatic carbocycles. The van der Waals surface area contributed by atoms with E-state index in [0.717, 1.165) is 5.56 Å². The van der Waals surface area contributed by atoms with Crippen LogP contribution < -0.4 is 21.3 Å². The molecule has 1 heterocycles. The van der Waals surface area contributed by atoms with Crippen molar-refractivity contribution in [3.63, 3.8) is 0 Å². The minimum absolute atomic E-state index is 0.0815. The second-order valence-electron chi connectivity index (χ2n) is 5.86. The van der Waals surface area contributed by atoms with E-state index in [1.165, 1.54) is 12.1 Å². The van der Waals surface area contributed by atoms with E-state index >= 15 is 0 Å². The second-order valence-corrected chi connectivity index (χ2v) is 5.86. The third-order valence-corrected chi connectivity index (χ3v) is 3.90. The Labute approximate surface area is 158 Å². The Bertz CT molecular complexity index is 1110. The average Bonchev–Trinajstić information content (AvgIpc) is 2.69. The van der Waals surface area contributed by atoms with Crippen molar-refractivity contribution in [3.8, 4) is 0 Å². The topological polar surface area (TPSA) is 133 Å². The molecule has 0 fully saturated rings. The van der Waals surface area contributed by atoms with E-state index in [9.17, 15) is 24.3 Å². The van der Waals surface area contributed by atoms with Crippen molar-refractivity contribution in [1.29, 1.82) is 0 Å². The number of carbonyl (C=O) groups excluding carboxylic acids is 3. The summed E-state index contributed by atoms with van der Waals surface area (Å²) in [6, 6.07) is 14.3. The summed E-state index contributed by atoms with van der Waals surface area (Å²) in [5.74, 6) is -2.40. The van der Waals surface area contributed by atoms with Gasteiger partial charge in [0.05, 0.1) is 11.4 Å². The smallest absolute Gasteiger partial charge is 0.321 e. The van der Waals surface area contributed by atoms with Gasteiger partial charge < -0.3 is 15.2 Å². The lowest BCUT2D eigenvalue weighted by Crippen LogP contribution is -2.42. The average molecular weight is 379 g/mol. The van der Waals surface area contributed by atoms with Crippen molar-refractivity contribution < 1.29 is 19.5 Å². The molecular weight excluding hydrogens is 364 g/mol. The number of rotatable bonds is 5. The Hall–Kier alpha value is -4.01. The molecule has 0 aliphatic rings. The van der Waals surface area contributed by atoms with Crippen LogP contribution in [0.2, 0.25) is 0 Å². The Balaban J connectivity index is 1.72. The van der Waals surface area contributed by atoms with Crippen molar-refractivity contribution in [3.05, 3.63) is 76.2 Å². The Kier molecular flexibility index (Phi) is 5.45. The lowest BCUT2D eigenvalue weighted by atomic mass is 10.1. The maximum atomic E-state index is 12.4. The summed E-state index contributed by atoms with van der Waals surface area (Å²) in [6.45, 7) is -0.411. The van der Waals surface area contributed by atoms with Gasteiger partial charge in [0.25, 0.3) is 5.56 Å². The number of nitrogens with zero attached hydrogens (tertiary/aromatic N) is 2. The van der Waals surface area contributed by atoms with Gasteiger partial charge in [0.15, 0.2) is 0 Å². The molecule has 1 aromatic heterocycles. The van der Waals surface area contributed by atoms with Gasteiger partial charge in [-0.1, -0.05) is 48.5 Å². The molecule has 0 saturated carbocycles. The van der Waals surface area contributed by atoms with Crippen LogP contribution in [-0.4, -0.2) is 27.7 Å². The molecule has 9 nitrogen and oxygen atoms in total. The summed E-state index contributed by atoms with van der Waals surface area (Å²) in [5.41, 5.74) is -0.270. The first-order valence-electron chi connectivity index (χ1n) is 8.28. The first kappa shape index (κ1) is 18.8. The molecule has 3 amide bonds.